The van der Waals surface area contributed by atoms with Crippen LogP contribution in [0.15, 0.2) is 9.64 Å². The number of carboxylic acids is 1. The largest absolute Gasteiger partial charge is 0.480 e. The lowest BCUT2D eigenvalue weighted by Crippen LogP contribution is -2.15. The number of hydrogen-bond donors (Lipinski definition) is 1. The van der Waals surface area contributed by atoms with Crippen molar-refractivity contribution in [3.05, 3.63) is 11.5 Å². The molecule has 5 heteroatoms. The third-order valence-corrected chi connectivity index (χ3v) is 3.18. The SMILES string of the molecule is CCCC(Sc1nc(C)c(C)o1)C(=O)O. The topological polar surface area (TPSA) is 63.3 Å². The summed E-state index contributed by atoms with van der Waals surface area (Å²) in [6.45, 7) is 5.63. The molecule has 0 aromatic carbocycles. The minimum atomic E-state index is -0.810. The van der Waals surface area contributed by atoms with E-state index in [1.165, 1.54) is 11.8 Å². The molecule has 0 aliphatic heterocycles. The first-order chi connectivity index (χ1) is 7.04. The molecule has 0 amide bonds. The fourth-order valence-corrected chi connectivity index (χ4v) is 2.17. The van der Waals surface area contributed by atoms with E-state index in [9.17, 15) is 4.79 Å². The Morgan fingerprint density at radius 1 is 1.60 bits per heavy atom. The third-order valence-electron chi connectivity index (χ3n) is 2.08. The van der Waals surface area contributed by atoms with Crippen LogP contribution < -0.4 is 0 Å². The maximum absolute atomic E-state index is 10.9. The van der Waals surface area contributed by atoms with Crippen molar-refractivity contribution in [1.29, 1.82) is 0 Å². The molecule has 1 aromatic rings. The number of oxazole rings is 1. The van der Waals surface area contributed by atoms with Gasteiger partial charge < -0.3 is 9.52 Å². The van der Waals surface area contributed by atoms with Crippen molar-refractivity contribution in [2.45, 2.75) is 44.1 Å². The van der Waals surface area contributed by atoms with E-state index in [0.717, 1.165) is 17.9 Å². The molecule has 0 spiro atoms. The zero-order valence-electron chi connectivity index (χ0n) is 9.11. The fraction of sp³-hybridized carbons (Fsp3) is 0.600. The minimum absolute atomic E-state index is 0.450. The van der Waals surface area contributed by atoms with Gasteiger partial charge in [0, 0.05) is 0 Å². The van der Waals surface area contributed by atoms with Gasteiger partial charge in [-0.25, -0.2) is 4.98 Å². The molecule has 1 N–H and O–H groups in total. The van der Waals surface area contributed by atoms with E-state index < -0.39 is 11.2 Å². The summed E-state index contributed by atoms with van der Waals surface area (Å²) in [6, 6.07) is 0. The maximum atomic E-state index is 10.9. The highest BCUT2D eigenvalue weighted by molar-refractivity contribution is 8.00. The molecule has 15 heavy (non-hydrogen) atoms. The molecule has 1 aromatic heterocycles. The Hall–Kier alpha value is -0.970. The summed E-state index contributed by atoms with van der Waals surface area (Å²) < 4.78 is 5.33. The van der Waals surface area contributed by atoms with Gasteiger partial charge in [-0.05, 0) is 20.3 Å². The summed E-state index contributed by atoms with van der Waals surface area (Å²) in [4.78, 5) is 15.0. The summed E-state index contributed by atoms with van der Waals surface area (Å²) >= 11 is 1.18. The lowest BCUT2D eigenvalue weighted by atomic mass is 10.2. The zero-order chi connectivity index (χ0) is 11.4. The van der Waals surface area contributed by atoms with Gasteiger partial charge in [-0.1, -0.05) is 25.1 Å². The molecule has 4 nitrogen and oxygen atoms in total. The summed E-state index contributed by atoms with van der Waals surface area (Å²) in [6.07, 6.45) is 1.46. The van der Waals surface area contributed by atoms with E-state index in [0.29, 0.717) is 11.6 Å². The van der Waals surface area contributed by atoms with Crippen LogP contribution in [0.4, 0.5) is 0 Å². The number of aromatic nitrogens is 1. The van der Waals surface area contributed by atoms with E-state index in [4.69, 9.17) is 9.52 Å². The quantitative estimate of drug-likeness (QED) is 0.786. The molecule has 1 rings (SSSR count). The van der Waals surface area contributed by atoms with Crippen LogP contribution in [0.25, 0.3) is 0 Å². The van der Waals surface area contributed by atoms with Gasteiger partial charge in [0.1, 0.15) is 11.0 Å². The first-order valence-electron chi connectivity index (χ1n) is 4.88. The average molecular weight is 229 g/mol. The van der Waals surface area contributed by atoms with Crippen LogP contribution in [0.3, 0.4) is 0 Å². The average Bonchev–Trinajstić information content (AvgIpc) is 2.45. The molecule has 84 valence electrons. The number of thioether (sulfide) groups is 1. The summed E-state index contributed by atoms with van der Waals surface area (Å²) in [5, 5.41) is 8.94. The van der Waals surface area contributed by atoms with Crippen molar-refractivity contribution < 1.29 is 14.3 Å². The summed E-state index contributed by atoms with van der Waals surface area (Å²) in [5.74, 6) is -0.0616. The Bertz CT molecular complexity index is 329. The Balaban J connectivity index is 2.69. The molecule has 0 saturated heterocycles. The maximum Gasteiger partial charge on any atom is 0.317 e. The highest BCUT2D eigenvalue weighted by Gasteiger charge is 2.20. The van der Waals surface area contributed by atoms with E-state index in [1.807, 2.05) is 20.8 Å². The second-order valence-electron chi connectivity index (χ2n) is 3.35. The number of aryl methyl sites for hydroxylation is 2. The fourth-order valence-electron chi connectivity index (χ4n) is 1.11. The Kier molecular flexibility index (Phi) is 4.20. The Labute approximate surface area is 93.1 Å². The molecule has 1 heterocycles. The highest BCUT2D eigenvalue weighted by Crippen LogP contribution is 2.27. The normalized spacial score (nSPS) is 12.7. The summed E-state index contributed by atoms with van der Waals surface area (Å²) in [5.41, 5.74) is 0.818. The first kappa shape index (κ1) is 12.1. The molecule has 0 bridgehead atoms. The van der Waals surface area contributed by atoms with Crippen LogP contribution >= 0.6 is 11.8 Å². The van der Waals surface area contributed by atoms with Crippen molar-refractivity contribution >= 4 is 17.7 Å². The van der Waals surface area contributed by atoms with E-state index in [-0.39, 0.29) is 0 Å². The van der Waals surface area contributed by atoms with Crippen LogP contribution in [0.1, 0.15) is 31.2 Å². The van der Waals surface area contributed by atoms with Crippen molar-refractivity contribution in [2.24, 2.45) is 0 Å². The lowest BCUT2D eigenvalue weighted by molar-refractivity contribution is -0.136. The Morgan fingerprint density at radius 2 is 2.27 bits per heavy atom. The van der Waals surface area contributed by atoms with Gasteiger partial charge >= 0.3 is 5.97 Å². The minimum Gasteiger partial charge on any atom is -0.480 e. The van der Waals surface area contributed by atoms with Gasteiger partial charge in [0.25, 0.3) is 5.22 Å². The van der Waals surface area contributed by atoms with Crippen molar-refractivity contribution in [2.75, 3.05) is 0 Å². The van der Waals surface area contributed by atoms with Gasteiger partial charge in [0.05, 0.1) is 5.69 Å². The molecular formula is C10H15NO3S. The van der Waals surface area contributed by atoms with Crippen LogP contribution in [-0.2, 0) is 4.79 Å². The second kappa shape index (κ2) is 5.21. The van der Waals surface area contributed by atoms with Crippen molar-refractivity contribution in [3.8, 4) is 0 Å². The van der Waals surface area contributed by atoms with Crippen LogP contribution in [-0.4, -0.2) is 21.3 Å². The predicted octanol–water partition coefficient (Wildman–Crippen LogP) is 2.64. The van der Waals surface area contributed by atoms with Gasteiger partial charge in [-0.3, -0.25) is 4.79 Å². The number of carboxylic acid groups (broad SMARTS) is 1. The van der Waals surface area contributed by atoms with E-state index >= 15 is 0 Å². The molecule has 1 atom stereocenters. The molecule has 0 aliphatic rings. The number of rotatable bonds is 5. The van der Waals surface area contributed by atoms with Crippen molar-refractivity contribution in [1.82, 2.24) is 4.98 Å². The second-order valence-corrected chi connectivity index (χ2v) is 4.51. The smallest absolute Gasteiger partial charge is 0.317 e. The van der Waals surface area contributed by atoms with Gasteiger partial charge in [0.2, 0.25) is 0 Å². The lowest BCUT2D eigenvalue weighted by Gasteiger charge is -2.06. The van der Waals surface area contributed by atoms with Crippen molar-refractivity contribution in [3.63, 3.8) is 0 Å². The number of carbonyl (C=O) groups is 1. The number of nitrogens with zero attached hydrogens (tertiary/aromatic N) is 1. The standard InChI is InChI=1S/C10H15NO3S/c1-4-5-8(9(12)13)15-10-11-6(2)7(3)14-10/h8H,4-5H2,1-3H3,(H,12,13). The van der Waals surface area contributed by atoms with E-state index in [1.54, 1.807) is 0 Å². The summed E-state index contributed by atoms with van der Waals surface area (Å²) in [7, 11) is 0. The molecular weight excluding hydrogens is 214 g/mol. The number of aliphatic carboxylic acids is 1. The monoisotopic (exact) mass is 229 g/mol. The Morgan fingerprint density at radius 3 is 2.67 bits per heavy atom. The molecule has 0 saturated carbocycles. The first-order valence-corrected chi connectivity index (χ1v) is 5.76. The molecule has 0 fully saturated rings. The molecule has 0 aliphatic carbocycles. The van der Waals surface area contributed by atoms with Gasteiger partial charge in [0.15, 0.2) is 0 Å². The predicted molar refractivity (Wildman–Crippen MR) is 58.2 cm³/mol. The van der Waals surface area contributed by atoms with Gasteiger partial charge in [-0.15, -0.1) is 0 Å². The van der Waals surface area contributed by atoms with Gasteiger partial charge in [-0.2, -0.15) is 0 Å². The van der Waals surface area contributed by atoms with Crippen LogP contribution in [0.5, 0.6) is 0 Å². The molecule has 1 unspecified atom stereocenters. The van der Waals surface area contributed by atoms with E-state index in [2.05, 4.69) is 4.98 Å². The van der Waals surface area contributed by atoms with Crippen LogP contribution in [0.2, 0.25) is 0 Å². The zero-order valence-corrected chi connectivity index (χ0v) is 9.93. The third kappa shape index (κ3) is 3.27. The van der Waals surface area contributed by atoms with Crippen LogP contribution in [0, 0.1) is 13.8 Å². The number of hydrogen-bond acceptors (Lipinski definition) is 4. The molecule has 0 radical (unpaired) electrons. The highest BCUT2D eigenvalue weighted by atomic mass is 32.2.